The third-order valence-electron chi connectivity index (χ3n) is 11.0. The van der Waals surface area contributed by atoms with Gasteiger partial charge in [0.25, 0.3) is 0 Å². The van der Waals surface area contributed by atoms with Crippen molar-refractivity contribution in [2.75, 3.05) is 50.0 Å². The zero-order valence-electron chi connectivity index (χ0n) is 31.7. The van der Waals surface area contributed by atoms with Crippen molar-refractivity contribution in [3.63, 3.8) is 0 Å². The second kappa shape index (κ2) is 14.6. The molecule has 0 heterocycles. The second-order valence-electron chi connectivity index (χ2n) is 15.3. The molecule has 0 spiro atoms. The van der Waals surface area contributed by atoms with Crippen LogP contribution in [0.5, 0.6) is 0 Å². The van der Waals surface area contributed by atoms with Crippen LogP contribution in [0.1, 0.15) is 43.4 Å². The molecule has 0 amide bonds. The molecule has 0 saturated carbocycles. The Kier molecular flexibility index (Phi) is 11.4. The number of benzene rings is 4. The molecule has 2 unspecified atom stereocenters. The van der Waals surface area contributed by atoms with Gasteiger partial charge in [-0.25, -0.2) is 0 Å². The summed E-state index contributed by atoms with van der Waals surface area (Å²) in [7, 11) is 17.9. The second-order valence-corrected chi connectivity index (χ2v) is 66.2. The molecule has 0 N–H and O–H groups in total. The van der Waals surface area contributed by atoms with E-state index in [0.717, 1.165) is 0 Å². The summed E-state index contributed by atoms with van der Waals surface area (Å²) < 4.78 is 0.176. The fraction of sp³-hybridized carbons (Fsp3) is 0.333. The number of hydrogen-bond donors (Lipinski definition) is 0. The summed E-state index contributed by atoms with van der Waals surface area (Å²) in [6.07, 6.45) is 23.5. The van der Waals surface area contributed by atoms with Gasteiger partial charge in [-0.3, -0.25) is 0 Å². The van der Waals surface area contributed by atoms with Crippen molar-refractivity contribution >= 4 is 78.7 Å². The molecule has 50 heavy (non-hydrogen) atoms. The van der Waals surface area contributed by atoms with Crippen LogP contribution in [0, 0.1) is 0 Å². The van der Waals surface area contributed by atoms with Gasteiger partial charge < -0.3 is 0 Å². The van der Waals surface area contributed by atoms with Gasteiger partial charge in [-0.05, 0) is 0 Å². The first kappa shape index (κ1) is 39.1. The summed E-state index contributed by atoms with van der Waals surface area (Å²) >= 11 is -4.79. The predicted octanol–water partition coefficient (Wildman–Crippen LogP) is 11.6. The average molecular weight is 876 g/mol. The Morgan fingerprint density at radius 3 is 1.12 bits per heavy atom. The van der Waals surface area contributed by atoms with Crippen molar-refractivity contribution in [2.45, 2.75) is 53.8 Å². The minimum absolute atomic E-state index is 0.0881. The van der Waals surface area contributed by atoms with Crippen LogP contribution in [-0.2, 0) is 59.1 Å². The molecule has 0 radical (unpaired) electrons. The molecule has 0 saturated heterocycles. The van der Waals surface area contributed by atoms with Crippen LogP contribution in [0.4, 0.5) is 0 Å². The standard InChI is InChI=1S/2C20H23S2.C2H7Si.2ClH.Zr/c2*1-14-9-15-7-6-8-19(20(15)10-14)16-11-17(21(2)3)13-18(12-16)22(4)5;1-3-2;;;/h2*6-13H,1-5H3;3H,1-2H3;2*1H;/q2*+2;;;;+2/p-2. The van der Waals surface area contributed by atoms with Crippen molar-refractivity contribution in [2.24, 2.45) is 0 Å². The normalized spacial score (nSPS) is 18.2. The molecule has 0 aliphatic heterocycles. The SMILES string of the molecule is CC1=Cc2c(-c3cc([S+](C)C)cc([S+](C)C)c3)cccc2[CH]1[Zr]([Cl])([Cl])([CH]1C(C)=Cc2c(-c3cc([S+](C)C)cc([S+](C)C)c3)cccc21)[SiH](C)C. The zero-order valence-corrected chi connectivity index (χ0v) is 40.1. The van der Waals surface area contributed by atoms with Crippen molar-refractivity contribution in [1.82, 2.24) is 0 Å². The fourth-order valence-corrected chi connectivity index (χ4v) is 44.3. The van der Waals surface area contributed by atoms with Gasteiger partial charge in [0, 0.05) is 0 Å². The van der Waals surface area contributed by atoms with E-state index >= 15 is 0 Å². The van der Waals surface area contributed by atoms with Crippen LogP contribution in [0.2, 0.25) is 13.1 Å². The summed E-state index contributed by atoms with van der Waals surface area (Å²) in [6.45, 7) is 9.52. The monoisotopic (exact) mass is 873 g/mol. The average Bonchev–Trinajstić information content (AvgIpc) is 3.60. The quantitative estimate of drug-likeness (QED) is 0.116. The minimum atomic E-state index is -4.79. The molecule has 4 aromatic carbocycles. The van der Waals surface area contributed by atoms with E-state index in [1.165, 1.54) is 75.2 Å². The Bertz CT molecular complexity index is 1850. The summed E-state index contributed by atoms with van der Waals surface area (Å²) in [6, 6.07) is 28.4. The molecule has 4 aromatic rings. The Labute approximate surface area is 323 Å². The van der Waals surface area contributed by atoms with Gasteiger partial charge >= 0.3 is 327 Å². The van der Waals surface area contributed by atoms with Crippen molar-refractivity contribution < 1.29 is 15.6 Å². The maximum atomic E-state index is 8.61. The maximum absolute atomic E-state index is 8.61. The molecule has 263 valence electrons. The van der Waals surface area contributed by atoms with Gasteiger partial charge in [0.05, 0.1) is 0 Å². The van der Waals surface area contributed by atoms with E-state index < -0.39 is 21.5 Å². The summed E-state index contributed by atoms with van der Waals surface area (Å²) in [5, 5.41) is 0. The van der Waals surface area contributed by atoms with E-state index in [9.17, 15) is 0 Å². The molecular weight excluding hydrogens is 823 g/mol. The van der Waals surface area contributed by atoms with Gasteiger partial charge in [-0.1, -0.05) is 0 Å². The third kappa shape index (κ3) is 6.71. The van der Waals surface area contributed by atoms with E-state index in [2.05, 4.69) is 162 Å². The van der Waals surface area contributed by atoms with E-state index in [1.807, 2.05) is 0 Å². The van der Waals surface area contributed by atoms with Crippen LogP contribution in [0.3, 0.4) is 0 Å². The molecule has 2 atom stereocenters. The number of rotatable bonds is 9. The molecule has 8 heteroatoms. The van der Waals surface area contributed by atoms with Crippen molar-refractivity contribution in [3.8, 4) is 22.3 Å². The van der Waals surface area contributed by atoms with Gasteiger partial charge in [0.15, 0.2) is 0 Å². The van der Waals surface area contributed by atoms with Gasteiger partial charge in [0.1, 0.15) is 0 Å². The van der Waals surface area contributed by atoms with Crippen LogP contribution in [0.15, 0.2) is 104 Å². The Morgan fingerprint density at radius 2 is 0.840 bits per heavy atom. The number of halogens is 2. The van der Waals surface area contributed by atoms with E-state index in [4.69, 9.17) is 17.0 Å². The molecule has 2 aliphatic rings. The Morgan fingerprint density at radius 1 is 0.520 bits per heavy atom. The van der Waals surface area contributed by atoms with Gasteiger partial charge in [0.2, 0.25) is 0 Å². The Balaban J connectivity index is 1.53. The molecular formula is C42H53Cl2S4SiZr+4. The van der Waals surface area contributed by atoms with Gasteiger partial charge in [-0.2, -0.15) is 0 Å². The van der Waals surface area contributed by atoms with Crippen molar-refractivity contribution in [3.05, 3.63) is 106 Å². The number of fused-ring (bicyclic) bond motifs is 2. The van der Waals surface area contributed by atoms with E-state index in [1.54, 1.807) is 0 Å². The topological polar surface area (TPSA) is 0 Å². The first-order valence-electron chi connectivity index (χ1n) is 17.2. The van der Waals surface area contributed by atoms with Crippen LogP contribution < -0.4 is 0 Å². The molecule has 0 aromatic heterocycles. The molecule has 0 nitrogen and oxygen atoms in total. The summed E-state index contributed by atoms with van der Waals surface area (Å²) in [4.78, 5) is 5.72. The van der Waals surface area contributed by atoms with Gasteiger partial charge in [-0.15, -0.1) is 0 Å². The first-order valence-corrected chi connectivity index (χ1v) is 41.7. The van der Waals surface area contributed by atoms with E-state index in [-0.39, 0.29) is 50.8 Å². The van der Waals surface area contributed by atoms with E-state index in [0.29, 0.717) is 0 Å². The Hall–Kier alpha value is -0.560. The summed E-state index contributed by atoms with van der Waals surface area (Å²) in [5.41, 5.74) is 13.3. The summed E-state index contributed by atoms with van der Waals surface area (Å²) in [5.74, 6) is -1.62. The molecule has 6 rings (SSSR count). The third-order valence-corrected chi connectivity index (χ3v) is 68.0. The molecule has 0 bridgehead atoms. The van der Waals surface area contributed by atoms with Crippen LogP contribution in [0.25, 0.3) is 34.4 Å². The number of allylic oxidation sites excluding steroid dienone is 2. The molecule has 2 aliphatic carbocycles. The van der Waals surface area contributed by atoms with Crippen molar-refractivity contribution in [1.29, 1.82) is 0 Å². The molecule has 0 fully saturated rings. The van der Waals surface area contributed by atoms with Crippen LogP contribution >= 0.6 is 17.0 Å². The predicted molar refractivity (Wildman–Crippen MR) is 237 cm³/mol. The zero-order chi connectivity index (χ0) is 36.5. The fourth-order valence-electron chi connectivity index (χ4n) is 8.30. The van der Waals surface area contributed by atoms with Crippen LogP contribution in [-0.4, -0.2) is 56.0 Å². The first-order chi connectivity index (χ1) is 23.4. The number of hydrogen-bond acceptors (Lipinski definition) is 0.